The lowest BCUT2D eigenvalue weighted by Gasteiger charge is -2.21. The topological polar surface area (TPSA) is 67.9 Å². The van der Waals surface area contributed by atoms with Gasteiger partial charge in [-0.1, -0.05) is 18.2 Å². The Labute approximate surface area is 173 Å². The lowest BCUT2D eigenvalue weighted by molar-refractivity contribution is 0.0527. The highest BCUT2D eigenvalue weighted by atomic mass is 32.1. The van der Waals surface area contributed by atoms with Gasteiger partial charge in [-0.15, -0.1) is 11.3 Å². The SMILES string of the molecule is CCOC(=O)c1sc(NC(=S)N2CCc3ccccc32)c(C(=O)OCC)c1C. The molecule has 0 aliphatic carbocycles. The summed E-state index contributed by atoms with van der Waals surface area (Å²) in [6.45, 7) is 6.46. The first kappa shape index (κ1) is 20.3. The summed E-state index contributed by atoms with van der Waals surface area (Å²) < 4.78 is 10.3. The molecule has 1 aliphatic heterocycles. The Hall–Kier alpha value is -2.45. The van der Waals surface area contributed by atoms with Gasteiger partial charge in [0.2, 0.25) is 0 Å². The van der Waals surface area contributed by atoms with Crippen molar-refractivity contribution >= 4 is 51.3 Å². The molecule has 6 nitrogen and oxygen atoms in total. The van der Waals surface area contributed by atoms with Crippen LogP contribution in [0.5, 0.6) is 0 Å². The molecule has 1 aliphatic rings. The van der Waals surface area contributed by atoms with Gasteiger partial charge in [-0.25, -0.2) is 9.59 Å². The van der Waals surface area contributed by atoms with E-state index in [-0.39, 0.29) is 13.2 Å². The molecule has 8 heteroatoms. The molecule has 2 aromatic rings. The minimum absolute atomic E-state index is 0.242. The molecule has 0 spiro atoms. The number of hydrogen-bond donors (Lipinski definition) is 1. The maximum Gasteiger partial charge on any atom is 0.348 e. The van der Waals surface area contributed by atoms with Gasteiger partial charge in [-0.2, -0.15) is 0 Å². The fraction of sp³-hybridized carbons (Fsp3) is 0.350. The fourth-order valence-electron chi connectivity index (χ4n) is 3.16. The van der Waals surface area contributed by atoms with E-state index in [0.29, 0.717) is 26.1 Å². The maximum atomic E-state index is 12.5. The highest BCUT2D eigenvalue weighted by Crippen LogP contribution is 2.35. The molecule has 0 saturated carbocycles. The number of benzene rings is 1. The van der Waals surface area contributed by atoms with Gasteiger partial charge in [0.1, 0.15) is 9.88 Å². The number of carbonyl (C=O) groups is 2. The number of ether oxygens (including phenoxy) is 2. The van der Waals surface area contributed by atoms with Crippen molar-refractivity contribution in [1.29, 1.82) is 0 Å². The highest BCUT2D eigenvalue weighted by molar-refractivity contribution is 7.80. The number of nitrogens with zero attached hydrogens (tertiary/aromatic N) is 1. The third-order valence-electron chi connectivity index (χ3n) is 4.44. The van der Waals surface area contributed by atoms with Crippen molar-refractivity contribution in [3.05, 3.63) is 45.8 Å². The summed E-state index contributed by atoms with van der Waals surface area (Å²) in [5.41, 5.74) is 3.14. The van der Waals surface area contributed by atoms with Crippen LogP contribution in [0.25, 0.3) is 0 Å². The average molecular weight is 419 g/mol. The second-order valence-corrected chi connectivity index (χ2v) is 7.57. The second kappa shape index (κ2) is 8.70. The smallest absolute Gasteiger partial charge is 0.348 e. The summed E-state index contributed by atoms with van der Waals surface area (Å²) >= 11 is 6.76. The van der Waals surface area contributed by atoms with Crippen molar-refractivity contribution in [2.24, 2.45) is 0 Å². The summed E-state index contributed by atoms with van der Waals surface area (Å²) in [5.74, 6) is -0.944. The Bertz CT molecular complexity index is 923. The molecule has 0 amide bonds. The molecule has 0 radical (unpaired) electrons. The van der Waals surface area contributed by atoms with Crippen LogP contribution in [0.4, 0.5) is 10.7 Å². The Morgan fingerprint density at radius 1 is 1.18 bits per heavy atom. The molecule has 0 unspecified atom stereocenters. The van der Waals surface area contributed by atoms with E-state index in [4.69, 9.17) is 21.7 Å². The van der Waals surface area contributed by atoms with E-state index < -0.39 is 11.9 Å². The lowest BCUT2D eigenvalue weighted by atomic mass is 10.1. The predicted octanol–water partition coefficient (Wildman–Crippen LogP) is 4.17. The van der Waals surface area contributed by atoms with Gasteiger partial charge in [-0.05, 0) is 56.6 Å². The normalized spacial score (nSPS) is 12.5. The number of para-hydroxylation sites is 1. The van der Waals surface area contributed by atoms with Crippen LogP contribution in [0, 0.1) is 6.92 Å². The molecule has 1 aromatic heterocycles. The van der Waals surface area contributed by atoms with E-state index in [9.17, 15) is 9.59 Å². The van der Waals surface area contributed by atoms with E-state index in [1.807, 2.05) is 23.1 Å². The first-order valence-electron chi connectivity index (χ1n) is 9.11. The van der Waals surface area contributed by atoms with E-state index in [2.05, 4.69) is 11.4 Å². The fourth-order valence-corrected chi connectivity index (χ4v) is 4.60. The van der Waals surface area contributed by atoms with Gasteiger partial charge in [0, 0.05) is 12.2 Å². The third kappa shape index (κ3) is 3.88. The number of thiocarbonyl (C=S) groups is 1. The molecular weight excluding hydrogens is 396 g/mol. The summed E-state index contributed by atoms with van der Waals surface area (Å²) in [6.07, 6.45) is 0.903. The zero-order valence-corrected chi connectivity index (χ0v) is 17.7. The number of carbonyl (C=O) groups excluding carboxylic acids is 2. The van der Waals surface area contributed by atoms with Crippen LogP contribution in [0.15, 0.2) is 24.3 Å². The number of rotatable bonds is 5. The number of nitrogens with one attached hydrogen (secondary N) is 1. The first-order valence-corrected chi connectivity index (χ1v) is 10.3. The zero-order valence-electron chi connectivity index (χ0n) is 16.0. The van der Waals surface area contributed by atoms with E-state index in [1.165, 1.54) is 5.56 Å². The van der Waals surface area contributed by atoms with Gasteiger partial charge in [0.25, 0.3) is 0 Å². The molecule has 28 heavy (non-hydrogen) atoms. The number of anilines is 2. The molecule has 148 valence electrons. The van der Waals surface area contributed by atoms with Crippen molar-refractivity contribution in [3.63, 3.8) is 0 Å². The summed E-state index contributed by atoms with van der Waals surface area (Å²) in [7, 11) is 0. The van der Waals surface area contributed by atoms with Crippen molar-refractivity contribution in [2.75, 3.05) is 30.0 Å². The molecule has 0 atom stereocenters. The molecule has 0 bridgehead atoms. The number of hydrogen-bond acceptors (Lipinski definition) is 6. The van der Waals surface area contributed by atoms with Gasteiger partial charge in [-0.3, -0.25) is 0 Å². The summed E-state index contributed by atoms with van der Waals surface area (Å²) in [6, 6.07) is 8.08. The largest absolute Gasteiger partial charge is 0.462 e. The lowest BCUT2D eigenvalue weighted by Crippen LogP contribution is -2.33. The second-order valence-electron chi connectivity index (χ2n) is 6.16. The minimum Gasteiger partial charge on any atom is -0.462 e. The highest BCUT2D eigenvalue weighted by Gasteiger charge is 2.29. The number of esters is 2. The number of fused-ring (bicyclic) bond motifs is 1. The van der Waals surface area contributed by atoms with E-state index in [0.717, 1.165) is 30.0 Å². The zero-order chi connectivity index (χ0) is 20.3. The Morgan fingerprint density at radius 2 is 1.86 bits per heavy atom. The quantitative estimate of drug-likeness (QED) is 0.577. The molecule has 1 aromatic carbocycles. The minimum atomic E-state index is -0.487. The van der Waals surface area contributed by atoms with Crippen LogP contribution in [-0.2, 0) is 15.9 Å². The van der Waals surface area contributed by atoms with Crippen LogP contribution >= 0.6 is 23.6 Å². The van der Waals surface area contributed by atoms with Gasteiger partial charge in [0.05, 0.1) is 18.8 Å². The third-order valence-corrected chi connectivity index (χ3v) is 5.95. The Morgan fingerprint density at radius 3 is 2.57 bits per heavy atom. The van der Waals surface area contributed by atoms with Crippen molar-refractivity contribution in [2.45, 2.75) is 27.2 Å². The molecule has 0 fully saturated rings. The number of thiophene rings is 1. The van der Waals surface area contributed by atoms with E-state index in [1.54, 1.807) is 20.8 Å². The standard InChI is InChI=1S/C20H22N2O4S2/c1-4-25-18(23)15-12(3)16(19(24)26-5-2)28-17(15)21-20(27)22-11-10-13-8-6-7-9-14(13)22/h6-9H,4-5,10-11H2,1-3H3,(H,21,27). The van der Waals surface area contributed by atoms with Gasteiger partial charge < -0.3 is 19.7 Å². The Kier molecular flexibility index (Phi) is 6.31. The predicted molar refractivity (Wildman–Crippen MR) is 115 cm³/mol. The van der Waals surface area contributed by atoms with Gasteiger partial charge >= 0.3 is 11.9 Å². The van der Waals surface area contributed by atoms with Gasteiger partial charge in [0.15, 0.2) is 5.11 Å². The summed E-state index contributed by atoms with van der Waals surface area (Å²) in [4.78, 5) is 27.2. The van der Waals surface area contributed by atoms with Crippen LogP contribution in [0.3, 0.4) is 0 Å². The van der Waals surface area contributed by atoms with Crippen LogP contribution in [-0.4, -0.2) is 36.8 Å². The van der Waals surface area contributed by atoms with Crippen LogP contribution in [0.2, 0.25) is 0 Å². The first-order chi connectivity index (χ1) is 13.5. The van der Waals surface area contributed by atoms with Crippen LogP contribution in [0.1, 0.15) is 45.0 Å². The molecule has 1 N–H and O–H groups in total. The van der Waals surface area contributed by atoms with Crippen LogP contribution < -0.4 is 10.2 Å². The Balaban J connectivity index is 1.92. The average Bonchev–Trinajstić information content (AvgIpc) is 3.23. The van der Waals surface area contributed by atoms with Crippen molar-refractivity contribution in [3.8, 4) is 0 Å². The van der Waals surface area contributed by atoms with Crippen molar-refractivity contribution < 1.29 is 19.1 Å². The molecule has 3 rings (SSSR count). The molecule has 0 saturated heterocycles. The molecular formula is C20H22N2O4S2. The monoisotopic (exact) mass is 418 g/mol. The maximum absolute atomic E-state index is 12.5. The van der Waals surface area contributed by atoms with Crippen molar-refractivity contribution in [1.82, 2.24) is 0 Å². The van der Waals surface area contributed by atoms with E-state index >= 15 is 0 Å². The summed E-state index contributed by atoms with van der Waals surface area (Å²) in [5, 5.41) is 4.13. The molecule has 2 heterocycles.